The van der Waals surface area contributed by atoms with Crippen LogP contribution in [-0.4, -0.2) is 20.0 Å². The molecule has 2 aromatic rings. The Bertz CT molecular complexity index is 760. The molecule has 0 radical (unpaired) electrons. The Hall–Kier alpha value is -2.64. The Morgan fingerprint density at radius 1 is 0.783 bits per heavy atom. The molecule has 0 spiro atoms. The van der Waals surface area contributed by atoms with Crippen molar-refractivity contribution in [1.29, 1.82) is 0 Å². The number of rotatable bonds is 4. The van der Waals surface area contributed by atoms with Crippen molar-refractivity contribution < 1.29 is 36.2 Å². The summed E-state index contributed by atoms with van der Waals surface area (Å²) < 4.78 is 76.6. The molecule has 2 aromatic carbocycles. The zero-order chi connectivity index (χ0) is 17.3. The number of carbonyl (C=O) groups is 1. The van der Waals surface area contributed by atoms with Crippen LogP contribution >= 0.6 is 0 Å². The highest BCUT2D eigenvalue weighted by molar-refractivity contribution is 6.09. The van der Waals surface area contributed by atoms with Crippen LogP contribution in [-0.2, 0) is 0 Å². The second kappa shape index (κ2) is 6.23. The molecule has 0 bridgehead atoms. The van der Waals surface area contributed by atoms with Gasteiger partial charge in [0.15, 0.2) is 40.6 Å². The van der Waals surface area contributed by atoms with E-state index in [9.17, 15) is 26.7 Å². The van der Waals surface area contributed by atoms with Gasteiger partial charge in [0, 0.05) is 5.56 Å². The zero-order valence-electron chi connectivity index (χ0n) is 11.8. The molecule has 0 saturated heterocycles. The summed E-state index contributed by atoms with van der Waals surface area (Å²) in [5, 5.41) is 0. The molecule has 0 unspecified atom stereocenters. The molecule has 23 heavy (non-hydrogen) atoms. The summed E-state index contributed by atoms with van der Waals surface area (Å²) >= 11 is 0. The fourth-order valence-electron chi connectivity index (χ4n) is 1.93. The summed E-state index contributed by atoms with van der Waals surface area (Å²) in [4.78, 5) is 12.1. The molecule has 0 aliphatic rings. The summed E-state index contributed by atoms with van der Waals surface area (Å²) in [5.41, 5.74) is -1.86. The maximum absolute atomic E-state index is 13.7. The summed E-state index contributed by atoms with van der Waals surface area (Å²) in [6.45, 7) is 0. The van der Waals surface area contributed by atoms with E-state index < -0.39 is 40.4 Å². The minimum atomic E-state index is -2.33. The number of hydrogen-bond donors (Lipinski definition) is 0. The highest BCUT2D eigenvalue weighted by Gasteiger charge is 2.30. The van der Waals surface area contributed by atoms with E-state index in [-0.39, 0.29) is 17.1 Å². The van der Waals surface area contributed by atoms with Crippen LogP contribution in [0.2, 0.25) is 0 Å². The number of benzene rings is 2. The average molecular weight is 332 g/mol. The largest absolute Gasteiger partial charge is 0.493 e. The number of ether oxygens (including phenoxy) is 2. The van der Waals surface area contributed by atoms with Crippen molar-refractivity contribution in [2.45, 2.75) is 0 Å². The lowest BCUT2D eigenvalue weighted by molar-refractivity contribution is 0.102. The minimum absolute atomic E-state index is 0.0576. The van der Waals surface area contributed by atoms with Crippen LogP contribution in [0.25, 0.3) is 0 Å². The van der Waals surface area contributed by atoms with Crippen LogP contribution in [0.1, 0.15) is 15.9 Å². The molecule has 0 amide bonds. The Kier molecular flexibility index (Phi) is 4.53. The molecule has 0 fully saturated rings. The topological polar surface area (TPSA) is 35.5 Å². The molecule has 122 valence electrons. The van der Waals surface area contributed by atoms with Gasteiger partial charge in [-0.15, -0.1) is 0 Å². The van der Waals surface area contributed by atoms with Gasteiger partial charge in [0.2, 0.25) is 5.82 Å². The van der Waals surface area contributed by atoms with Crippen molar-refractivity contribution in [2.75, 3.05) is 14.2 Å². The van der Waals surface area contributed by atoms with Gasteiger partial charge in [-0.3, -0.25) is 4.79 Å². The van der Waals surface area contributed by atoms with Crippen molar-refractivity contribution in [2.24, 2.45) is 0 Å². The van der Waals surface area contributed by atoms with Gasteiger partial charge >= 0.3 is 0 Å². The van der Waals surface area contributed by atoms with Gasteiger partial charge < -0.3 is 9.47 Å². The maximum Gasteiger partial charge on any atom is 0.200 e. The lowest BCUT2D eigenvalue weighted by Gasteiger charge is -2.10. The van der Waals surface area contributed by atoms with E-state index in [1.165, 1.54) is 20.3 Å². The van der Waals surface area contributed by atoms with Crippen molar-refractivity contribution in [3.05, 3.63) is 58.4 Å². The molecule has 0 N–H and O–H groups in total. The summed E-state index contributed by atoms with van der Waals surface area (Å²) in [5.74, 6) is -12.2. The Labute approximate surface area is 127 Å². The molecule has 0 saturated carbocycles. The number of methoxy groups -OCH3 is 2. The smallest absolute Gasteiger partial charge is 0.200 e. The molecule has 0 aliphatic carbocycles. The first-order valence-corrected chi connectivity index (χ1v) is 6.11. The minimum Gasteiger partial charge on any atom is -0.493 e. The van der Waals surface area contributed by atoms with Crippen LogP contribution in [0.3, 0.4) is 0 Å². The zero-order valence-corrected chi connectivity index (χ0v) is 11.8. The van der Waals surface area contributed by atoms with E-state index in [0.717, 1.165) is 12.1 Å². The summed E-state index contributed by atoms with van der Waals surface area (Å²) in [6, 6.07) is 3.44. The summed E-state index contributed by atoms with van der Waals surface area (Å²) in [6.07, 6.45) is 0. The Morgan fingerprint density at radius 2 is 1.26 bits per heavy atom. The number of halogens is 5. The Morgan fingerprint density at radius 3 is 1.74 bits per heavy atom. The van der Waals surface area contributed by atoms with E-state index in [0.29, 0.717) is 0 Å². The molecule has 8 heteroatoms. The second-order valence-electron chi connectivity index (χ2n) is 4.34. The molecule has 0 heterocycles. The predicted octanol–water partition coefficient (Wildman–Crippen LogP) is 3.63. The quantitative estimate of drug-likeness (QED) is 0.371. The lowest BCUT2D eigenvalue weighted by atomic mass is 10.0. The highest BCUT2D eigenvalue weighted by Crippen LogP contribution is 2.30. The van der Waals surface area contributed by atoms with Crippen molar-refractivity contribution in [3.8, 4) is 11.5 Å². The van der Waals surface area contributed by atoms with Gasteiger partial charge in [0.05, 0.1) is 14.2 Å². The van der Waals surface area contributed by atoms with Gasteiger partial charge in [-0.1, -0.05) is 0 Å². The third-order valence-electron chi connectivity index (χ3n) is 3.08. The third-order valence-corrected chi connectivity index (χ3v) is 3.08. The van der Waals surface area contributed by atoms with Crippen LogP contribution in [0.5, 0.6) is 11.5 Å². The number of hydrogen-bond acceptors (Lipinski definition) is 3. The molecular weight excluding hydrogens is 323 g/mol. The first-order chi connectivity index (χ1) is 10.8. The van der Waals surface area contributed by atoms with Gasteiger partial charge in [-0.2, -0.15) is 0 Å². The van der Waals surface area contributed by atoms with Gasteiger partial charge in [0.1, 0.15) is 5.56 Å². The van der Waals surface area contributed by atoms with Crippen LogP contribution in [0.4, 0.5) is 22.0 Å². The third kappa shape index (κ3) is 2.71. The molecule has 0 aliphatic heterocycles. The fraction of sp³-hybridized carbons (Fsp3) is 0.133. The fourth-order valence-corrected chi connectivity index (χ4v) is 1.93. The van der Waals surface area contributed by atoms with Crippen LogP contribution in [0.15, 0.2) is 18.2 Å². The van der Waals surface area contributed by atoms with E-state index in [4.69, 9.17) is 9.47 Å². The maximum atomic E-state index is 13.7. The van der Waals surface area contributed by atoms with Gasteiger partial charge in [-0.25, -0.2) is 22.0 Å². The number of ketones is 1. The Balaban J connectivity index is 2.62. The first-order valence-electron chi connectivity index (χ1n) is 6.11. The van der Waals surface area contributed by atoms with Crippen LogP contribution < -0.4 is 9.47 Å². The van der Waals surface area contributed by atoms with E-state index >= 15 is 0 Å². The molecular formula is C15H9F5O3. The normalized spacial score (nSPS) is 10.6. The van der Waals surface area contributed by atoms with E-state index in [1.54, 1.807) is 0 Å². The van der Waals surface area contributed by atoms with E-state index in [2.05, 4.69) is 0 Å². The second-order valence-corrected chi connectivity index (χ2v) is 4.34. The van der Waals surface area contributed by atoms with Crippen molar-refractivity contribution >= 4 is 5.78 Å². The molecule has 3 nitrogen and oxygen atoms in total. The van der Waals surface area contributed by atoms with Crippen molar-refractivity contribution in [1.82, 2.24) is 0 Å². The number of carbonyl (C=O) groups excluding carboxylic acids is 1. The summed E-state index contributed by atoms with van der Waals surface area (Å²) in [7, 11) is 2.58. The van der Waals surface area contributed by atoms with Gasteiger partial charge in [-0.05, 0) is 18.2 Å². The molecule has 0 aromatic heterocycles. The molecule has 2 rings (SSSR count). The van der Waals surface area contributed by atoms with Crippen LogP contribution in [0, 0.1) is 29.1 Å². The predicted molar refractivity (Wildman–Crippen MR) is 69.2 cm³/mol. The monoisotopic (exact) mass is 332 g/mol. The molecule has 0 atom stereocenters. The lowest BCUT2D eigenvalue weighted by Crippen LogP contribution is -2.13. The highest BCUT2D eigenvalue weighted by atomic mass is 19.2. The van der Waals surface area contributed by atoms with E-state index in [1.807, 2.05) is 0 Å². The average Bonchev–Trinajstić information content (AvgIpc) is 2.57. The van der Waals surface area contributed by atoms with Crippen molar-refractivity contribution in [3.63, 3.8) is 0 Å². The van der Waals surface area contributed by atoms with Gasteiger partial charge in [0.25, 0.3) is 0 Å². The first kappa shape index (κ1) is 16.7. The SMILES string of the molecule is COc1ccc(C(=O)c2c(F)c(F)c(F)c(F)c2F)cc1OC. The standard InChI is InChI=1S/C15H9F5O3/c1-22-7-4-3-6(5-8(7)23-2)15(21)9-10(16)12(18)14(20)13(19)11(9)17/h3-5H,1-2H3.